The van der Waals surface area contributed by atoms with Gasteiger partial charge in [-0.25, -0.2) is 18.2 Å². The number of hydrogen-bond donors (Lipinski definition) is 3. The van der Waals surface area contributed by atoms with E-state index in [0.29, 0.717) is 74.4 Å². The number of rotatable bonds is 16. The van der Waals surface area contributed by atoms with E-state index in [-0.39, 0.29) is 35.9 Å². The van der Waals surface area contributed by atoms with E-state index in [1.54, 1.807) is 62.6 Å². The van der Waals surface area contributed by atoms with Crippen LogP contribution in [0.15, 0.2) is 107 Å². The molecule has 340 valence electrons. The number of fused-ring (bicyclic) bond motifs is 2. The van der Waals surface area contributed by atoms with Gasteiger partial charge < -0.3 is 34.7 Å². The van der Waals surface area contributed by atoms with Crippen molar-refractivity contribution < 1.29 is 42.1 Å². The number of carbonyl (C=O) groups is 2. The summed E-state index contributed by atoms with van der Waals surface area (Å²) in [5.74, 6) is -0.588. The number of nitriles is 1. The Labute approximate surface area is 395 Å². The molecule has 8 rings (SSSR count). The van der Waals surface area contributed by atoms with Crippen molar-refractivity contribution in [2.75, 3.05) is 32.2 Å². The zero-order valence-electron chi connectivity index (χ0n) is 35.6. The third-order valence-corrected chi connectivity index (χ3v) is 15.5. The number of nitrogens with zero attached hydrogens (tertiary/aromatic N) is 3. The second kappa shape index (κ2) is 20.1. The first-order chi connectivity index (χ1) is 31.8. The maximum atomic E-state index is 14.7. The van der Waals surface area contributed by atoms with Crippen molar-refractivity contribution in [2.24, 2.45) is 0 Å². The number of amides is 1. The highest BCUT2D eigenvalue weighted by Crippen LogP contribution is 2.42. The number of anilines is 1. The minimum atomic E-state index is -4.40. The first-order valence-electron chi connectivity index (χ1n) is 20.8. The average molecular weight is 969 g/mol. The number of carboxylic acid groups (broad SMARTS) is 1. The van der Waals surface area contributed by atoms with Gasteiger partial charge in [0.25, 0.3) is 10.0 Å². The Bertz CT molecular complexity index is 2910. The molecular weight excluding hydrogens is 926 g/mol. The van der Waals surface area contributed by atoms with Gasteiger partial charge in [-0.2, -0.15) is 9.57 Å². The summed E-state index contributed by atoms with van der Waals surface area (Å²) in [4.78, 5) is 31.5. The Morgan fingerprint density at radius 2 is 1.65 bits per heavy atom. The molecule has 0 aliphatic carbocycles. The van der Waals surface area contributed by atoms with Crippen LogP contribution in [0.5, 0.6) is 17.2 Å². The van der Waals surface area contributed by atoms with Crippen molar-refractivity contribution in [3.63, 3.8) is 0 Å². The van der Waals surface area contributed by atoms with Gasteiger partial charge in [0.05, 0.1) is 34.0 Å². The van der Waals surface area contributed by atoms with Gasteiger partial charge in [0.15, 0.2) is 26.9 Å². The molecule has 0 saturated heterocycles. The number of sulfonamides is 1. The van der Waals surface area contributed by atoms with Crippen LogP contribution in [0, 0.1) is 18.3 Å². The molecule has 0 radical (unpaired) electrons. The van der Waals surface area contributed by atoms with Gasteiger partial charge >= 0.3 is 5.97 Å². The Kier molecular flexibility index (Phi) is 14.1. The standard InChI is InChI=1S/C48H43Cl2N5O9S2/c1-28-47(65-48(53-28)52-17-18-61-2)66(59,60)55-25-36-23-43-42(63-27-44(64-43)34-12-14-37(15-13-34)62-26-31-7-16-38(49)39(50)19-31)22-35(36)21-41(55)45(56)54-40(46(57)58)20-29-3-8-32(9-4-29)33-10-5-30(24-51)6-11-33/h3-16,19,22-23,40-41,44H,17-18,20-21,25-27H2,1-2H3,(H,52,53)(H,54,56)(H,57,58)/t40?,41-,44+/m0/s1. The summed E-state index contributed by atoms with van der Waals surface area (Å²) in [6.45, 7) is 2.60. The van der Waals surface area contributed by atoms with Crippen molar-refractivity contribution >= 4 is 61.6 Å². The lowest BCUT2D eigenvalue weighted by molar-refractivity contribution is -0.142. The molecule has 0 bridgehead atoms. The average Bonchev–Trinajstić information content (AvgIpc) is 3.71. The van der Waals surface area contributed by atoms with E-state index in [1.807, 2.05) is 54.6 Å². The van der Waals surface area contributed by atoms with E-state index in [1.165, 1.54) is 0 Å². The molecule has 1 unspecified atom stereocenters. The van der Waals surface area contributed by atoms with Crippen LogP contribution in [0.1, 0.15) is 45.2 Å². The van der Waals surface area contributed by atoms with Crippen molar-refractivity contribution in [1.29, 1.82) is 5.26 Å². The minimum absolute atomic E-state index is 0.0530. The second-order valence-corrected chi connectivity index (χ2v) is 19.6. The Morgan fingerprint density at radius 1 is 0.955 bits per heavy atom. The van der Waals surface area contributed by atoms with Gasteiger partial charge in [-0.1, -0.05) is 89.1 Å². The predicted octanol–water partition coefficient (Wildman–Crippen LogP) is 8.37. The first-order valence-corrected chi connectivity index (χ1v) is 23.8. The summed E-state index contributed by atoms with van der Waals surface area (Å²) in [7, 11) is -2.85. The number of aliphatic carboxylic acids is 1. The van der Waals surface area contributed by atoms with Crippen LogP contribution in [-0.4, -0.2) is 73.6 Å². The molecule has 3 N–H and O–H groups in total. The number of nitrogens with one attached hydrogen (secondary N) is 2. The van der Waals surface area contributed by atoms with Crippen molar-refractivity contribution in [1.82, 2.24) is 14.6 Å². The third-order valence-electron chi connectivity index (χ3n) is 11.2. The van der Waals surface area contributed by atoms with Gasteiger partial charge in [-0.15, -0.1) is 0 Å². The molecular formula is C48H43Cl2N5O9S2. The highest BCUT2D eigenvalue weighted by molar-refractivity contribution is 7.91. The zero-order valence-corrected chi connectivity index (χ0v) is 38.8. The number of halogens is 2. The van der Waals surface area contributed by atoms with E-state index in [2.05, 4.69) is 21.7 Å². The summed E-state index contributed by atoms with van der Waals surface area (Å²) in [5, 5.41) is 26.5. The van der Waals surface area contributed by atoms with Crippen molar-refractivity contribution in [3.8, 4) is 34.4 Å². The Morgan fingerprint density at radius 3 is 2.33 bits per heavy atom. The van der Waals surface area contributed by atoms with E-state index >= 15 is 0 Å². The van der Waals surface area contributed by atoms with Gasteiger partial charge in [-0.05, 0) is 101 Å². The van der Waals surface area contributed by atoms with Crippen LogP contribution in [-0.2, 0) is 50.3 Å². The predicted molar refractivity (Wildman–Crippen MR) is 250 cm³/mol. The lowest BCUT2D eigenvalue weighted by atomic mass is 9.94. The number of methoxy groups -OCH3 is 1. The largest absolute Gasteiger partial charge is 0.489 e. The number of ether oxygens (including phenoxy) is 4. The minimum Gasteiger partial charge on any atom is -0.489 e. The molecule has 18 heteroatoms. The highest BCUT2D eigenvalue weighted by Gasteiger charge is 2.43. The van der Waals surface area contributed by atoms with Crippen molar-refractivity contribution in [3.05, 3.63) is 152 Å². The molecule has 6 aromatic rings. The fraction of sp³-hybridized carbons (Fsp3) is 0.250. The second-order valence-electron chi connectivity index (χ2n) is 15.7. The number of carboxylic acids is 1. The number of carbonyl (C=O) groups excluding carboxylic acids is 1. The lowest BCUT2D eigenvalue weighted by Crippen LogP contribution is -2.55. The van der Waals surface area contributed by atoms with E-state index in [0.717, 1.165) is 37.9 Å². The van der Waals surface area contributed by atoms with Gasteiger partial charge in [0.1, 0.15) is 31.0 Å². The number of aryl methyl sites for hydroxylation is 1. The topological polar surface area (TPSA) is 189 Å². The normalized spacial score (nSPS) is 16.1. The SMILES string of the molecule is COCCNc1nc(C)c(S(=O)(=O)N2Cc3cc4c(cc3C[C@H]2C(=O)NC(Cc2ccc(-c3ccc(C#N)cc3)cc2)C(=O)O)OC[C@H](c2ccc(OCc3ccc(Cl)c(Cl)c3)cc2)O4)s1. The summed E-state index contributed by atoms with van der Waals surface area (Å²) in [6.07, 6.45) is -0.638. The fourth-order valence-corrected chi connectivity index (χ4v) is 11.1. The Balaban J connectivity index is 1.02. The number of hydrogen-bond acceptors (Lipinski definition) is 12. The fourth-order valence-electron chi connectivity index (χ4n) is 7.68. The van der Waals surface area contributed by atoms with Crippen LogP contribution in [0.2, 0.25) is 10.0 Å². The lowest BCUT2D eigenvalue weighted by Gasteiger charge is -2.36. The number of aromatic nitrogens is 1. The van der Waals surface area contributed by atoms with Crippen LogP contribution in [0.25, 0.3) is 11.1 Å². The summed E-state index contributed by atoms with van der Waals surface area (Å²) >= 11 is 13.1. The molecule has 3 heterocycles. The summed E-state index contributed by atoms with van der Waals surface area (Å²) in [5.41, 5.74) is 6.09. The molecule has 3 atom stereocenters. The molecule has 0 fully saturated rings. The van der Waals surface area contributed by atoms with Crippen LogP contribution >= 0.6 is 34.5 Å². The summed E-state index contributed by atoms with van der Waals surface area (Å²) in [6, 6.07) is 29.9. The zero-order chi connectivity index (χ0) is 46.5. The quantitative estimate of drug-likeness (QED) is 0.0788. The smallest absolute Gasteiger partial charge is 0.326 e. The first kappa shape index (κ1) is 46.3. The third kappa shape index (κ3) is 10.4. The Hall–Kier alpha value is -6.19. The van der Waals surface area contributed by atoms with Gasteiger partial charge in [-0.3, -0.25) is 4.79 Å². The molecule has 0 spiro atoms. The maximum absolute atomic E-state index is 14.7. The molecule has 0 saturated carbocycles. The van der Waals surface area contributed by atoms with E-state index < -0.39 is 40.1 Å². The molecule has 5 aromatic carbocycles. The molecule has 66 heavy (non-hydrogen) atoms. The van der Waals surface area contributed by atoms with Gasteiger partial charge in [0, 0.05) is 26.6 Å². The molecule has 14 nitrogen and oxygen atoms in total. The molecule has 1 amide bonds. The van der Waals surface area contributed by atoms with E-state index in [9.17, 15) is 23.1 Å². The molecule has 2 aliphatic heterocycles. The van der Waals surface area contributed by atoms with Crippen LogP contribution in [0.4, 0.5) is 5.13 Å². The molecule has 2 aliphatic rings. The summed E-state index contributed by atoms with van der Waals surface area (Å²) < 4.78 is 54.3. The van der Waals surface area contributed by atoms with Crippen molar-refractivity contribution in [2.45, 2.75) is 55.3 Å². The number of benzene rings is 5. The maximum Gasteiger partial charge on any atom is 0.326 e. The molecule has 1 aromatic heterocycles. The van der Waals surface area contributed by atoms with E-state index in [4.69, 9.17) is 47.4 Å². The highest BCUT2D eigenvalue weighted by atomic mass is 35.5. The van der Waals surface area contributed by atoms with Crippen LogP contribution in [0.3, 0.4) is 0 Å². The van der Waals surface area contributed by atoms with Gasteiger partial charge in [0.2, 0.25) is 5.91 Å². The number of thiazole rings is 1. The monoisotopic (exact) mass is 967 g/mol. The van der Waals surface area contributed by atoms with Crippen LogP contribution < -0.4 is 24.8 Å².